The molecule has 0 aliphatic heterocycles. The Hall–Kier alpha value is -1.81. The molecule has 0 radical (unpaired) electrons. The van der Waals surface area contributed by atoms with Crippen LogP contribution in [0, 0.1) is 0 Å². The smallest absolute Gasteiger partial charge is 0.123 e. The van der Waals surface area contributed by atoms with Crippen molar-refractivity contribution in [3.63, 3.8) is 0 Å². The summed E-state index contributed by atoms with van der Waals surface area (Å²) in [5.41, 5.74) is 7.95. The summed E-state index contributed by atoms with van der Waals surface area (Å²) < 4.78 is 7.18. The summed E-state index contributed by atoms with van der Waals surface area (Å²) >= 11 is 0. The maximum atomic E-state index is 5.80. The van der Waals surface area contributed by atoms with Crippen molar-refractivity contribution in [2.24, 2.45) is 5.73 Å². The van der Waals surface area contributed by atoms with Crippen molar-refractivity contribution in [2.75, 3.05) is 7.11 Å². The van der Waals surface area contributed by atoms with Crippen LogP contribution in [-0.2, 0) is 6.54 Å². The van der Waals surface area contributed by atoms with Gasteiger partial charge < -0.3 is 10.5 Å². The number of nitrogens with zero attached hydrogens (tertiary/aromatic N) is 2. The van der Waals surface area contributed by atoms with E-state index in [1.165, 1.54) is 0 Å². The summed E-state index contributed by atoms with van der Waals surface area (Å²) in [7, 11) is 1.68. The predicted molar refractivity (Wildman–Crippen MR) is 66.9 cm³/mol. The minimum atomic E-state index is 0.0152. The van der Waals surface area contributed by atoms with Crippen LogP contribution in [-0.4, -0.2) is 16.9 Å². The molecule has 2 N–H and O–H groups in total. The minimum Gasteiger partial charge on any atom is -0.496 e. The molecule has 0 aliphatic carbocycles. The summed E-state index contributed by atoms with van der Waals surface area (Å²) in [4.78, 5) is 0. The Morgan fingerprint density at radius 2 is 2.18 bits per heavy atom. The fraction of sp³-hybridized carbons (Fsp3) is 0.308. The van der Waals surface area contributed by atoms with E-state index in [-0.39, 0.29) is 6.04 Å². The Morgan fingerprint density at radius 1 is 1.41 bits per heavy atom. The standard InChI is InChI=1S/C13H17N3O/c1-10(14)12-7-15-16(9-12)8-11-5-3-4-6-13(11)17-2/h3-7,9-10H,8,14H2,1-2H3/t10-/m0/s1. The Labute approximate surface area is 101 Å². The van der Waals surface area contributed by atoms with Gasteiger partial charge in [-0.25, -0.2) is 0 Å². The molecular formula is C13H17N3O. The number of hydrogen-bond donors (Lipinski definition) is 1. The van der Waals surface area contributed by atoms with Gasteiger partial charge in [0.2, 0.25) is 0 Å². The topological polar surface area (TPSA) is 53.1 Å². The van der Waals surface area contributed by atoms with E-state index in [1.54, 1.807) is 13.3 Å². The monoisotopic (exact) mass is 231 g/mol. The second-order valence-electron chi connectivity index (χ2n) is 4.07. The minimum absolute atomic E-state index is 0.0152. The fourth-order valence-electron chi connectivity index (χ4n) is 1.71. The van der Waals surface area contributed by atoms with Crippen LogP contribution in [0.25, 0.3) is 0 Å². The highest BCUT2D eigenvalue weighted by molar-refractivity contribution is 5.33. The molecule has 0 bridgehead atoms. The average Bonchev–Trinajstić information content (AvgIpc) is 2.78. The molecule has 0 aliphatic rings. The quantitative estimate of drug-likeness (QED) is 0.875. The van der Waals surface area contributed by atoms with Crippen molar-refractivity contribution in [1.29, 1.82) is 0 Å². The van der Waals surface area contributed by atoms with Crippen molar-refractivity contribution in [3.8, 4) is 5.75 Å². The predicted octanol–water partition coefficient (Wildman–Crippen LogP) is 1.96. The summed E-state index contributed by atoms with van der Waals surface area (Å²) in [6, 6.07) is 7.95. The number of aromatic nitrogens is 2. The second kappa shape index (κ2) is 5.01. The highest BCUT2D eigenvalue weighted by atomic mass is 16.5. The molecule has 1 aromatic heterocycles. The molecule has 0 unspecified atom stereocenters. The zero-order valence-electron chi connectivity index (χ0n) is 10.1. The summed E-state index contributed by atoms with van der Waals surface area (Å²) in [5, 5.41) is 4.29. The van der Waals surface area contributed by atoms with Crippen LogP contribution in [0.3, 0.4) is 0 Å². The average molecular weight is 231 g/mol. The van der Waals surface area contributed by atoms with E-state index in [4.69, 9.17) is 10.5 Å². The van der Waals surface area contributed by atoms with Gasteiger partial charge in [-0.2, -0.15) is 5.10 Å². The largest absolute Gasteiger partial charge is 0.496 e. The van der Waals surface area contributed by atoms with Gasteiger partial charge in [-0.3, -0.25) is 4.68 Å². The zero-order chi connectivity index (χ0) is 12.3. The van der Waals surface area contributed by atoms with Gasteiger partial charge in [0.1, 0.15) is 5.75 Å². The maximum Gasteiger partial charge on any atom is 0.123 e. The Balaban J connectivity index is 2.19. The van der Waals surface area contributed by atoms with Gasteiger partial charge in [0.05, 0.1) is 19.9 Å². The lowest BCUT2D eigenvalue weighted by molar-refractivity contribution is 0.407. The SMILES string of the molecule is COc1ccccc1Cn1cc([C@H](C)N)cn1. The normalized spacial score (nSPS) is 12.4. The molecule has 0 saturated carbocycles. The van der Waals surface area contributed by atoms with Crippen molar-refractivity contribution >= 4 is 0 Å². The summed E-state index contributed by atoms with van der Waals surface area (Å²) in [6.45, 7) is 2.64. The van der Waals surface area contributed by atoms with Crippen molar-refractivity contribution in [3.05, 3.63) is 47.8 Å². The van der Waals surface area contributed by atoms with Gasteiger partial charge >= 0.3 is 0 Å². The van der Waals surface area contributed by atoms with Crippen molar-refractivity contribution < 1.29 is 4.74 Å². The second-order valence-corrected chi connectivity index (χ2v) is 4.07. The molecule has 1 heterocycles. The van der Waals surface area contributed by atoms with Crippen LogP contribution < -0.4 is 10.5 Å². The number of para-hydroxylation sites is 1. The Kier molecular flexibility index (Phi) is 3.44. The lowest BCUT2D eigenvalue weighted by atomic mass is 10.2. The molecular weight excluding hydrogens is 214 g/mol. The number of ether oxygens (including phenoxy) is 1. The molecule has 1 atom stereocenters. The molecule has 0 spiro atoms. The van der Waals surface area contributed by atoms with E-state index in [1.807, 2.05) is 42.1 Å². The summed E-state index contributed by atoms with van der Waals surface area (Å²) in [6.07, 6.45) is 3.77. The molecule has 90 valence electrons. The van der Waals surface area contributed by atoms with Crippen molar-refractivity contribution in [2.45, 2.75) is 19.5 Å². The number of benzene rings is 1. The molecule has 0 fully saturated rings. The highest BCUT2D eigenvalue weighted by Gasteiger charge is 2.06. The first-order valence-corrected chi connectivity index (χ1v) is 5.60. The van der Waals surface area contributed by atoms with Crippen LogP contribution >= 0.6 is 0 Å². The first-order chi connectivity index (χ1) is 8.20. The van der Waals surface area contributed by atoms with E-state index in [0.717, 1.165) is 16.9 Å². The van der Waals surface area contributed by atoms with Gasteiger partial charge in [-0.1, -0.05) is 18.2 Å². The van der Waals surface area contributed by atoms with Gasteiger partial charge in [0.25, 0.3) is 0 Å². The molecule has 1 aromatic carbocycles. The van der Waals surface area contributed by atoms with Crippen LogP contribution in [0.4, 0.5) is 0 Å². The van der Waals surface area contributed by atoms with Gasteiger partial charge in [-0.15, -0.1) is 0 Å². The number of rotatable bonds is 4. The molecule has 4 nitrogen and oxygen atoms in total. The fourth-order valence-corrected chi connectivity index (χ4v) is 1.71. The van der Waals surface area contributed by atoms with E-state index < -0.39 is 0 Å². The lowest BCUT2D eigenvalue weighted by Crippen LogP contribution is -2.04. The van der Waals surface area contributed by atoms with Crippen LogP contribution in [0.15, 0.2) is 36.7 Å². The summed E-state index contributed by atoms with van der Waals surface area (Å²) in [5.74, 6) is 0.880. The van der Waals surface area contributed by atoms with Gasteiger partial charge in [-0.05, 0) is 13.0 Å². The maximum absolute atomic E-state index is 5.80. The van der Waals surface area contributed by atoms with E-state index in [2.05, 4.69) is 5.10 Å². The van der Waals surface area contributed by atoms with E-state index in [0.29, 0.717) is 6.54 Å². The molecule has 4 heteroatoms. The van der Waals surface area contributed by atoms with Crippen molar-refractivity contribution in [1.82, 2.24) is 9.78 Å². The Morgan fingerprint density at radius 3 is 2.82 bits per heavy atom. The first kappa shape index (κ1) is 11.7. The number of methoxy groups -OCH3 is 1. The van der Waals surface area contributed by atoms with Gasteiger partial charge in [0, 0.05) is 23.4 Å². The molecule has 2 rings (SSSR count). The van der Waals surface area contributed by atoms with E-state index in [9.17, 15) is 0 Å². The third-order valence-corrected chi connectivity index (χ3v) is 2.70. The van der Waals surface area contributed by atoms with Crippen LogP contribution in [0.1, 0.15) is 24.1 Å². The highest BCUT2D eigenvalue weighted by Crippen LogP contribution is 2.18. The number of hydrogen-bond acceptors (Lipinski definition) is 3. The lowest BCUT2D eigenvalue weighted by Gasteiger charge is -2.08. The molecule has 0 amide bonds. The molecule has 2 aromatic rings. The molecule has 17 heavy (non-hydrogen) atoms. The Bertz CT molecular complexity index is 491. The molecule has 0 saturated heterocycles. The third-order valence-electron chi connectivity index (χ3n) is 2.70. The van der Waals surface area contributed by atoms with E-state index >= 15 is 0 Å². The third kappa shape index (κ3) is 2.65. The zero-order valence-corrected chi connectivity index (χ0v) is 10.1. The van der Waals surface area contributed by atoms with Gasteiger partial charge in [0.15, 0.2) is 0 Å². The van der Waals surface area contributed by atoms with Crippen LogP contribution in [0.2, 0.25) is 0 Å². The number of nitrogens with two attached hydrogens (primary N) is 1. The van der Waals surface area contributed by atoms with Crippen LogP contribution in [0.5, 0.6) is 5.75 Å². The first-order valence-electron chi connectivity index (χ1n) is 5.60.